The van der Waals surface area contributed by atoms with E-state index in [0.717, 1.165) is 11.5 Å². The Bertz CT molecular complexity index is 609. The monoisotopic (exact) mass is 279 g/mol. The zero-order chi connectivity index (χ0) is 13.8. The third-order valence-corrected chi connectivity index (χ3v) is 2.97. The van der Waals surface area contributed by atoms with Crippen LogP contribution >= 0.6 is 11.5 Å². The molecule has 0 spiro atoms. The Kier molecular flexibility index (Phi) is 3.81. The quantitative estimate of drug-likeness (QED) is 0.484. The van der Waals surface area contributed by atoms with Crippen molar-refractivity contribution in [3.63, 3.8) is 0 Å². The Balaban J connectivity index is 2.23. The first-order valence-electron chi connectivity index (χ1n) is 5.37. The zero-order valence-corrected chi connectivity index (χ0v) is 10.7. The molecule has 0 fully saturated rings. The molecule has 7 nitrogen and oxygen atoms in total. The van der Waals surface area contributed by atoms with Crippen LogP contribution in [-0.2, 0) is 4.74 Å². The highest BCUT2D eigenvalue weighted by Gasteiger charge is 2.15. The van der Waals surface area contributed by atoms with Gasteiger partial charge in [0, 0.05) is 17.7 Å². The summed E-state index contributed by atoms with van der Waals surface area (Å²) < 4.78 is 8.67. The van der Waals surface area contributed by atoms with E-state index in [0.29, 0.717) is 10.6 Å². The lowest BCUT2D eigenvalue weighted by molar-refractivity contribution is -0.384. The maximum absolute atomic E-state index is 11.4. The number of hydrogen-bond acceptors (Lipinski definition) is 7. The number of ether oxygens (including phenoxy) is 1. The van der Waals surface area contributed by atoms with E-state index in [1.807, 2.05) is 0 Å². The van der Waals surface area contributed by atoms with Gasteiger partial charge in [0.05, 0.1) is 11.5 Å². The standard InChI is InChI=1S/C11H9N3O4S/c1-2-18-11(15)9-12-10(19-13-9)7-3-5-8(6-4-7)14(16)17/h3-6H,2H2,1H3. The maximum Gasteiger partial charge on any atom is 0.377 e. The summed E-state index contributed by atoms with van der Waals surface area (Å²) in [7, 11) is 0. The molecule has 0 N–H and O–H groups in total. The SMILES string of the molecule is CCOC(=O)c1nsc(-c2ccc([N+](=O)[O-])cc2)n1. The molecule has 0 atom stereocenters. The number of hydrogen-bond donors (Lipinski definition) is 0. The van der Waals surface area contributed by atoms with Crippen LogP contribution in [0.1, 0.15) is 17.5 Å². The normalized spacial score (nSPS) is 10.2. The van der Waals surface area contributed by atoms with E-state index < -0.39 is 10.9 Å². The summed E-state index contributed by atoms with van der Waals surface area (Å²) in [4.78, 5) is 25.5. The Hall–Kier alpha value is -2.35. The molecule has 1 aromatic heterocycles. The molecule has 0 amide bonds. The number of nitro benzene ring substituents is 1. The summed E-state index contributed by atoms with van der Waals surface area (Å²) in [6, 6.07) is 5.88. The first-order chi connectivity index (χ1) is 9.11. The van der Waals surface area contributed by atoms with Crippen LogP contribution in [0.3, 0.4) is 0 Å². The lowest BCUT2D eigenvalue weighted by atomic mass is 10.2. The van der Waals surface area contributed by atoms with Crippen LogP contribution in [0.5, 0.6) is 0 Å². The molecule has 98 valence electrons. The van der Waals surface area contributed by atoms with Crippen molar-refractivity contribution in [2.75, 3.05) is 6.61 Å². The number of nitrogens with zero attached hydrogens (tertiary/aromatic N) is 3. The summed E-state index contributed by atoms with van der Waals surface area (Å²) in [5, 5.41) is 11.0. The highest BCUT2D eigenvalue weighted by atomic mass is 32.1. The van der Waals surface area contributed by atoms with Crippen LogP contribution in [0.2, 0.25) is 0 Å². The van der Waals surface area contributed by atoms with Gasteiger partial charge in [-0.3, -0.25) is 10.1 Å². The van der Waals surface area contributed by atoms with Crippen molar-refractivity contribution in [3.05, 3.63) is 40.2 Å². The van der Waals surface area contributed by atoms with Gasteiger partial charge in [-0.25, -0.2) is 9.78 Å². The first-order valence-corrected chi connectivity index (χ1v) is 6.15. The van der Waals surface area contributed by atoms with Gasteiger partial charge in [0.15, 0.2) is 0 Å². The van der Waals surface area contributed by atoms with E-state index >= 15 is 0 Å². The van der Waals surface area contributed by atoms with E-state index in [-0.39, 0.29) is 18.1 Å². The number of benzene rings is 1. The molecule has 0 radical (unpaired) electrons. The minimum Gasteiger partial charge on any atom is -0.460 e. The molecule has 0 saturated heterocycles. The van der Waals surface area contributed by atoms with E-state index in [1.54, 1.807) is 19.1 Å². The molecule has 2 rings (SSSR count). The molecule has 1 heterocycles. The average Bonchev–Trinajstić information content (AvgIpc) is 2.89. The minimum absolute atomic E-state index is 0.000188. The second-order valence-electron chi connectivity index (χ2n) is 3.45. The van der Waals surface area contributed by atoms with E-state index in [4.69, 9.17) is 4.74 Å². The zero-order valence-electron chi connectivity index (χ0n) is 9.90. The number of esters is 1. The number of rotatable bonds is 4. The Morgan fingerprint density at radius 3 is 2.68 bits per heavy atom. The lowest BCUT2D eigenvalue weighted by Crippen LogP contribution is -2.06. The number of carbonyl (C=O) groups excluding carboxylic acids is 1. The first kappa shape index (κ1) is 13.1. The Labute approximate surface area is 112 Å². The predicted octanol–water partition coefficient (Wildman–Crippen LogP) is 2.29. The van der Waals surface area contributed by atoms with Crippen molar-refractivity contribution in [2.45, 2.75) is 6.92 Å². The van der Waals surface area contributed by atoms with Crippen molar-refractivity contribution >= 4 is 23.2 Å². The molecule has 0 saturated carbocycles. The topological polar surface area (TPSA) is 95.2 Å². The maximum atomic E-state index is 11.4. The Morgan fingerprint density at radius 2 is 2.11 bits per heavy atom. The molecule has 0 bridgehead atoms. The number of aromatic nitrogens is 2. The molecule has 0 aliphatic heterocycles. The van der Waals surface area contributed by atoms with Crippen LogP contribution < -0.4 is 0 Å². The van der Waals surface area contributed by atoms with Gasteiger partial charge in [0.25, 0.3) is 11.5 Å². The fourth-order valence-corrected chi connectivity index (χ4v) is 2.00. The summed E-state index contributed by atoms with van der Waals surface area (Å²) in [5.41, 5.74) is 0.664. The molecular weight excluding hydrogens is 270 g/mol. The lowest BCUT2D eigenvalue weighted by Gasteiger charge is -1.96. The Morgan fingerprint density at radius 1 is 1.42 bits per heavy atom. The molecular formula is C11H9N3O4S. The van der Waals surface area contributed by atoms with Crippen LogP contribution in [0.25, 0.3) is 10.6 Å². The number of non-ortho nitro benzene ring substituents is 1. The van der Waals surface area contributed by atoms with Crippen molar-refractivity contribution in [1.82, 2.24) is 9.36 Å². The van der Waals surface area contributed by atoms with Crippen LogP contribution in [0.4, 0.5) is 5.69 Å². The smallest absolute Gasteiger partial charge is 0.377 e. The van der Waals surface area contributed by atoms with Crippen molar-refractivity contribution in [2.24, 2.45) is 0 Å². The third kappa shape index (κ3) is 2.91. The van der Waals surface area contributed by atoms with Gasteiger partial charge >= 0.3 is 5.97 Å². The second-order valence-corrected chi connectivity index (χ2v) is 4.20. The van der Waals surface area contributed by atoms with Crippen LogP contribution in [0, 0.1) is 10.1 Å². The molecule has 19 heavy (non-hydrogen) atoms. The predicted molar refractivity (Wildman–Crippen MR) is 68.0 cm³/mol. The van der Waals surface area contributed by atoms with Gasteiger partial charge in [-0.15, -0.1) is 0 Å². The summed E-state index contributed by atoms with van der Waals surface area (Å²) in [6.45, 7) is 1.95. The van der Waals surface area contributed by atoms with Gasteiger partial charge in [-0.2, -0.15) is 4.37 Å². The number of nitro groups is 1. The highest BCUT2D eigenvalue weighted by Crippen LogP contribution is 2.24. The van der Waals surface area contributed by atoms with Crippen molar-refractivity contribution in [3.8, 4) is 10.6 Å². The van der Waals surface area contributed by atoms with E-state index in [1.165, 1.54) is 12.1 Å². The second kappa shape index (κ2) is 5.53. The van der Waals surface area contributed by atoms with Gasteiger partial charge in [0.1, 0.15) is 5.01 Å². The average molecular weight is 279 g/mol. The third-order valence-electron chi connectivity index (χ3n) is 2.21. The summed E-state index contributed by atoms with van der Waals surface area (Å²) in [6.07, 6.45) is 0. The minimum atomic E-state index is -0.577. The van der Waals surface area contributed by atoms with Crippen molar-refractivity contribution < 1.29 is 14.5 Å². The fourth-order valence-electron chi connectivity index (χ4n) is 1.35. The van der Waals surface area contributed by atoms with E-state index in [2.05, 4.69) is 9.36 Å². The molecule has 0 unspecified atom stereocenters. The van der Waals surface area contributed by atoms with Gasteiger partial charge in [-0.1, -0.05) is 0 Å². The van der Waals surface area contributed by atoms with Gasteiger partial charge in [-0.05, 0) is 30.6 Å². The van der Waals surface area contributed by atoms with Crippen LogP contribution in [-0.4, -0.2) is 26.9 Å². The molecule has 2 aromatic rings. The molecule has 0 aliphatic rings. The molecule has 1 aromatic carbocycles. The van der Waals surface area contributed by atoms with Gasteiger partial charge in [0.2, 0.25) is 0 Å². The van der Waals surface area contributed by atoms with E-state index in [9.17, 15) is 14.9 Å². The summed E-state index contributed by atoms with van der Waals surface area (Å²) >= 11 is 1.04. The van der Waals surface area contributed by atoms with Crippen LogP contribution in [0.15, 0.2) is 24.3 Å². The number of carbonyl (C=O) groups is 1. The largest absolute Gasteiger partial charge is 0.460 e. The fraction of sp³-hybridized carbons (Fsp3) is 0.182. The highest BCUT2D eigenvalue weighted by molar-refractivity contribution is 7.09. The van der Waals surface area contributed by atoms with Gasteiger partial charge < -0.3 is 4.74 Å². The molecule has 0 aliphatic carbocycles. The molecule has 8 heteroatoms. The summed E-state index contributed by atoms with van der Waals surface area (Å²) in [5.74, 6) is -0.577. The van der Waals surface area contributed by atoms with Crippen molar-refractivity contribution in [1.29, 1.82) is 0 Å².